The summed E-state index contributed by atoms with van der Waals surface area (Å²) in [6, 6.07) is 9.50. The van der Waals surface area contributed by atoms with Crippen molar-refractivity contribution < 1.29 is 9.53 Å². The fraction of sp³-hybridized carbons (Fsp3) is 0.450. The summed E-state index contributed by atoms with van der Waals surface area (Å²) in [7, 11) is -1.48. The van der Waals surface area contributed by atoms with Crippen molar-refractivity contribution in [1.82, 2.24) is 0 Å². The number of benzene rings is 1. The van der Waals surface area contributed by atoms with Crippen LogP contribution in [-0.2, 0) is 4.74 Å². The van der Waals surface area contributed by atoms with Crippen LogP contribution in [-0.4, -0.2) is 25.1 Å². The van der Waals surface area contributed by atoms with E-state index in [1.165, 1.54) is 0 Å². The second-order valence-electron chi connectivity index (χ2n) is 8.07. The van der Waals surface area contributed by atoms with Gasteiger partial charge in [0.05, 0.1) is 11.2 Å². The molecule has 0 unspecified atom stereocenters. The van der Waals surface area contributed by atoms with E-state index in [0.717, 1.165) is 23.1 Å². The van der Waals surface area contributed by atoms with Gasteiger partial charge in [0.2, 0.25) is 0 Å². The summed E-state index contributed by atoms with van der Waals surface area (Å²) in [5, 5.41) is 0. The molecule has 1 aromatic carbocycles. The van der Waals surface area contributed by atoms with Gasteiger partial charge in [-0.1, -0.05) is 55.9 Å². The molecule has 1 heterocycles. The molecule has 0 amide bonds. The lowest BCUT2D eigenvalue weighted by Crippen LogP contribution is -2.29. The van der Waals surface area contributed by atoms with Crippen LogP contribution in [0.1, 0.15) is 37.0 Å². The summed E-state index contributed by atoms with van der Waals surface area (Å²) in [4.78, 5) is 13.0. The minimum absolute atomic E-state index is 0.101. The highest BCUT2D eigenvalue weighted by atomic mass is 28.3. The molecule has 2 aliphatic rings. The van der Waals surface area contributed by atoms with E-state index in [-0.39, 0.29) is 17.0 Å². The molecule has 0 aromatic heterocycles. The van der Waals surface area contributed by atoms with Crippen molar-refractivity contribution in [2.75, 3.05) is 0 Å². The maximum atomic E-state index is 13.0. The van der Waals surface area contributed by atoms with E-state index >= 15 is 0 Å². The van der Waals surface area contributed by atoms with Crippen LogP contribution in [0.4, 0.5) is 0 Å². The highest BCUT2D eigenvalue weighted by Crippen LogP contribution is 2.58. The van der Waals surface area contributed by atoms with E-state index in [4.69, 9.17) is 4.74 Å². The maximum absolute atomic E-state index is 13.0. The van der Waals surface area contributed by atoms with Gasteiger partial charge in [0.15, 0.2) is 5.78 Å². The largest absolute Gasteiger partial charge is 0.362 e. The van der Waals surface area contributed by atoms with Gasteiger partial charge < -0.3 is 4.74 Å². The SMILES string of the molecule is C[C@@]12CC(C(=O)c3ccccc3)=C(C#C[Si](C)(C)C)C[C@]1(C)O2. The van der Waals surface area contributed by atoms with Gasteiger partial charge >= 0.3 is 0 Å². The van der Waals surface area contributed by atoms with Gasteiger partial charge in [-0.3, -0.25) is 4.79 Å². The molecule has 0 spiro atoms. The Hall–Kier alpha value is -1.63. The molecule has 0 radical (unpaired) electrons. The molecule has 1 aromatic rings. The number of epoxide rings is 1. The van der Waals surface area contributed by atoms with Gasteiger partial charge in [0, 0.05) is 29.6 Å². The molecular weight excluding hydrogens is 300 g/mol. The Labute approximate surface area is 139 Å². The van der Waals surface area contributed by atoms with Crippen LogP contribution in [0.2, 0.25) is 19.6 Å². The molecule has 1 saturated heterocycles. The van der Waals surface area contributed by atoms with Crippen LogP contribution >= 0.6 is 0 Å². The monoisotopic (exact) mass is 324 g/mol. The van der Waals surface area contributed by atoms with E-state index in [1.807, 2.05) is 30.3 Å². The van der Waals surface area contributed by atoms with Crippen LogP contribution in [0.5, 0.6) is 0 Å². The first-order chi connectivity index (χ1) is 10.6. The highest BCUT2D eigenvalue weighted by Gasteiger charge is 2.66. The number of hydrogen-bond donors (Lipinski definition) is 0. The average molecular weight is 324 g/mol. The lowest BCUT2D eigenvalue weighted by molar-refractivity contribution is 0.102. The van der Waals surface area contributed by atoms with Gasteiger partial charge in [0.25, 0.3) is 0 Å². The predicted molar refractivity (Wildman–Crippen MR) is 96.0 cm³/mol. The number of ether oxygens (including phenoxy) is 1. The summed E-state index contributed by atoms with van der Waals surface area (Å²) >= 11 is 0. The molecule has 120 valence electrons. The Morgan fingerprint density at radius 1 is 1.09 bits per heavy atom. The first kappa shape index (κ1) is 16.2. The van der Waals surface area contributed by atoms with Crippen molar-refractivity contribution in [3.05, 3.63) is 47.0 Å². The highest BCUT2D eigenvalue weighted by molar-refractivity contribution is 6.83. The normalized spacial score (nSPS) is 29.4. The van der Waals surface area contributed by atoms with Gasteiger partial charge in [-0.2, -0.15) is 0 Å². The quantitative estimate of drug-likeness (QED) is 0.349. The van der Waals surface area contributed by atoms with Gasteiger partial charge in [-0.25, -0.2) is 0 Å². The number of rotatable bonds is 2. The zero-order valence-electron chi connectivity index (χ0n) is 14.6. The van der Waals surface area contributed by atoms with E-state index in [1.54, 1.807) is 0 Å². The van der Waals surface area contributed by atoms with Crippen LogP contribution in [0, 0.1) is 11.5 Å². The molecular formula is C20H24O2Si. The molecule has 1 aliphatic heterocycles. The summed E-state index contributed by atoms with van der Waals surface area (Å²) in [5.41, 5.74) is 5.62. The Balaban J connectivity index is 2.03. The predicted octanol–water partition coefficient (Wildman–Crippen LogP) is 4.39. The maximum Gasteiger partial charge on any atom is 0.190 e. The van der Waals surface area contributed by atoms with Crippen LogP contribution < -0.4 is 0 Å². The standard InChI is InChI=1S/C20H24O2Si/c1-19-13-16(11-12-23(3,4)5)17(14-20(19,2)22-19)18(21)15-9-7-6-8-10-15/h6-10H,13-14H2,1-5H3/t19-,20+/m0/s1. The number of carbonyl (C=O) groups excluding carboxylic acids is 1. The Morgan fingerprint density at radius 3 is 2.30 bits per heavy atom. The Bertz CT molecular complexity index is 745. The van der Waals surface area contributed by atoms with Gasteiger partial charge in [0.1, 0.15) is 8.07 Å². The van der Waals surface area contributed by atoms with Crippen LogP contribution in [0.3, 0.4) is 0 Å². The molecule has 2 atom stereocenters. The zero-order chi connectivity index (χ0) is 16.9. The Kier molecular flexibility index (Phi) is 3.66. The van der Waals surface area contributed by atoms with E-state index < -0.39 is 8.07 Å². The Morgan fingerprint density at radius 2 is 1.70 bits per heavy atom. The van der Waals surface area contributed by atoms with Crippen LogP contribution in [0.25, 0.3) is 0 Å². The lowest BCUT2D eigenvalue weighted by atomic mass is 9.76. The number of ketones is 1. The van der Waals surface area contributed by atoms with Crippen LogP contribution in [0.15, 0.2) is 41.5 Å². The first-order valence-corrected chi connectivity index (χ1v) is 11.7. The van der Waals surface area contributed by atoms with E-state index in [0.29, 0.717) is 6.42 Å². The van der Waals surface area contributed by atoms with Crippen molar-refractivity contribution in [3.63, 3.8) is 0 Å². The van der Waals surface area contributed by atoms with Crippen molar-refractivity contribution in [2.45, 2.75) is 57.5 Å². The molecule has 0 saturated carbocycles. The molecule has 3 heteroatoms. The third kappa shape index (κ3) is 3.06. The minimum atomic E-state index is -1.48. The molecule has 1 fully saturated rings. The molecule has 2 nitrogen and oxygen atoms in total. The third-order valence-corrected chi connectivity index (χ3v) is 5.69. The zero-order valence-corrected chi connectivity index (χ0v) is 15.6. The topological polar surface area (TPSA) is 29.6 Å². The van der Waals surface area contributed by atoms with Gasteiger partial charge in [-0.15, -0.1) is 5.54 Å². The second kappa shape index (κ2) is 5.19. The van der Waals surface area contributed by atoms with Crippen molar-refractivity contribution in [3.8, 4) is 11.5 Å². The summed E-state index contributed by atoms with van der Waals surface area (Å²) in [6.07, 6.45) is 1.40. The van der Waals surface area contributed by atoms with E-state index in [9.17, 15) is 4.79 Å². The second-order valence-corrected chi connectivity index (χ2v) is 12.8. The number of carbonyl (C=O) groups is 1. The lowest BCUT2D eigenvalue weighted by Gasteiger charge is -2.22. The number of hydrogen-bond acceptors (Lipinski definition) is 2. The fourth-order valence-corrected chi connectivity index (χ4v) is 3.70. The number of fused-ring (bicyclic) bond motifs is 1. The minimum Gasteiger partial charge on any atom is -0.362 e. The molecule has 0 bridgehead atoms. The third-order valence-electron chi connectivity index (χ3n) is 4.82. The van der Waals surface area contributed by atoms with Crippen molar-refractivity contribution in [1.29, 1.82) is 0 Å². The molecule has 3 rings (SSSR count). The average Bonchev–Trinajstić information content (AvgIpc) is 3.05. The van der Waals surface area contributed by atoms with Crippen molar-refractivity contribution >= 4 is 13.9 Å². The fourth-order valence-electron chi connectivity index (χ4n) is 3.17. The summed E-state index contributed by atoms with van der Waals surface area (Å²) < 4.78 is 5.98. The summed E-state index contributed by atoms with van der Waals surface area (Å²) in [6.45, 7) is 10.9. The summed E-state index contributed by atoms with van der Waals surface area (Å²) in [5.74, 6) is 3.45. The molecule has 1 aliphatic carbocycles. The first-order valence-electron chi connectivity index (χ1n) is 8.19. The molecule has 23 heavy (non-hydrogen) atoms. The van der Waals surface area contributed by atoms with Gasteiger partial charge in [-0.05, 0) is 13.8 Å². The smallest absolute Gasteiger partial charge is 0.190 e. The van der Waals surface area contributed by atoms with Crippen molar-refractivity contribution in [2.24, 2.45) is 0 Å². The van der Waals surface area contributed by atoms with E-state index in [2.05, 4.69) is 45.0 Å². The molecule has 0 N–H and O–H groups in total. The number of Topliss-reactive ketones (excluding diaryl/α,β-unsaturated/α-hetero) is 1.